The van der Waals surface area contributed by atoms with Crippen LogP contribution in [0.1, 0.15) is 103 Å². The number of hydrogen-bond donors (Lipinski definition) is 3. The lowest BCUT2D eigenvalue weighted by Crippen LogP contribution is -2.25. The SMILES string of the molecule is CC(C)(C)C(=O)OCOP(=O)(COCCn1cnc2c(N)ncnc21)OCOC(=O)C(C)(C)C.CC(C)(C)C(=O)OCOP(=O)(COCCn1cnc2c(N)ncnc21)OCOC(=O)C(C)(C)C.CCC(C)O. The van der Waals surface area contributed by atoms with Crippen molar-refractivity contribution in [2.75, 3.05) is 64.5 Å². The third-order valence-electron chi connectivity index (χ3n) is 9.11. The van der Waals surface area contributed by atoms with Crippen molar-refractivity contribution in [1.82, 2.24) is 39.0 Å². The van der Waals surface area contributed by atoms with E-state index in [-0.39, 0.29) is 31.0 Å². The monoisotopic (exact) mass is 1080 g/mol. The fraction of sp³-hybridized carbons (Fsp3) is 0.682. The molecule has 0 fully saturated rings. The molecule has 4 heterocycles. The quantitative estimate of drug-likeness (QED) is 0.0245. The van der Waals surface area contributed by atoms with Crippen molar-refractivity contribution in [1.29, 1.82) is 0 Å². The molecule has 0 saturated heterocycles. The largest absolute Gasteiger partial charge is 0.438 e. The van der Waals surface area contributed by atoms with Crippen molar-refractivity contribution in [3.8, 4) is 0 Å². The summed E-state index contributed by atoms with van der Waals surface area (Å²) in [5, 5.41) is 8.36. The smallest absolute Gasteiger partial charge is 0.361 e. The van der Waals surface area contributed by atoms with Gasteiger partial charge in [-0.3, -0.25) is 46.4 Å². The van der Waals surface area contributed by atoms with Gasteiger partial charge in [-0.1, -0.05) is 6.92 Å². The van der Waals surface area contributed by atoms with Gasteiger partial charge >= 0.3 is 39.1 Å². The number of carbonyl (C=O) groups is 4. The molecule has 0 aromatic carbocycles. The summed E-state index contributed by atoms with van der Waals surface area (Å²) >= 11 is 0. The molecule has 0 aliphatic heterocycles. The zero-order chi connectivity index (χ0) is 55.4. The van der Waals surface area contributed by atoms with Crippen molar-refractivity contribution in [3.63, 3.8) is 0 Å². The Balaban J connectivity index is 0.000000457. The van der Waals surface area contributed by atoms with Crippen molar-refractivity contribution in [2.45, 2.75) is 123 Å². The Bertz CT molecular complexity index is 2260. The van der Waals surface area contributed by atoms with Gasteiger partial charge in [0.15, 0.2) is 22.9 Å². The Kier molecular flexibility index (Phi) is 24.9. The molecule has 0 amide bonds. The number of ether oxygens (including phenoxy) is 6. The number of carbonyl (C=O) groups excluding carboxylic acids is 4. The lowest BCUT2D eigenvalue weighted by Gasteiger charge is -2.22. The second-order valence-corrected chi connectivity index (χ2v) is 24.0. The minimum Gasteiger partial charge on any atom is -0.438 e. The van der Waals surface area contributed by atoms with Crippen LogP contribution in [-0.2, 0) is 87.9 Å². The molecule has 5 N–H and O–H groups in total. The van der Waals surface area contributed by atoms with Crippen LogP contribution >= 0.6 is 15.2 Å². The molecule has 1 atom stereocenters. The minimum absolute atomic E-state index is 0.0929. The Labute approximate surface area is 425 Å². The van der Waals surface area contributed by atoms with E-state index in [9.17, 15) is 28.3 Å². The Morgan fingerprint density at radius 1 is 0.548 bits per heavy atom. The molecule has 4 aromatic heterocycles. The Morgan fingerprint density at radius 3 is 1.07 bits per heavy atom. The normalized spacial score (nSPS) is 12.8. The predicted molar refractivity (Wildman–Crippen MR) is 264 cm³/mol. The van der Waals surface area contributed by atoms with Crippen molar-refractivity contribution in [2.24, 2.45) is 21.7 Å². The third kappa shape index (κ3) is 22.8. The van der Waals surface area contributed by atoms with Crippen molar-refractivity contribution >= 4 is 73.0 Å². The number of aromatic nitrogens is 8. The van der Waals surface area contributed by atoms with Crippen LogP contribution in [0.15, 0.2) is 25.3 Å². The number of esters is 4. The maximum Gasteiger partial charge on any atom is 0.361 e. The first kappa shape index (κ1) is 63.9. The van der Waals surface area contributed by atoms with E-state index in [2.05, 4.69) is 29.9 Å². The summed E-state index contributed by atoms with van der Waals surface area (Å²) in [5.74, 6) is -1.68. The van der Waals surface area contributed by atoms with Crippen LogP contribution in [0, 0.1) is 21.7 Å². The molecule has 0 saturated carbocycles. The van der Waals surface area contributed by atoms with Crippen molar-refractivity contribution in [3.05, 3.63) is 25.3 Å². The molecule has 4 aromatic rings. The van der Waals surface area contributed by atoms with Crippen LogP contribution < -0.4 is 11.5 Å². The third-order valence-corrected chi connectivity index (χ3v) is 12.1. The predicted octanol–water partition coefficient (Wildman–Crippen LogP) is 6.18. The summed E-state index contributed by atoms with van der Waals surface area (Å²) in [6, 6.07) is 0. The van der Waals surface area contributed by atoms with E-state index in [0.29, 0.717) is 35.4 Å². The number of nitrogens with zero attached hydrogens (tertiary/aromatic N) is 8. The van der Waals surface area contributed by atoms with E-state index in [4.69, 9.17) is 63.1 Å². The maximum atomic E-state index is 13.1. The summed E-state index contributed by atoms with van der Waals surface area (Å²) in [6.45, 7) is 22.0. The molecule has 73 heavy (non-hydrogen) atoms. The molecule has 27 nitrogen and oxygen atoms in total. The van der Waals surface area contributed by atoms with E-state index < -0.39 is 101 Å². The zero-order valence-electron chi connectivity index (χ0n) is 44.3. The summed E-state index contributed by atoms with van der Waals surface area (Å²) in [4.78, 5) is 72.0. The highest BCUT2D eigenvalue weighted by Gasteiger charge is 2.32. The maximum absolute atomic E-state index is 13.1. The van der Waals surface area contributed by atoms with Crippen molar-refractivity contribution < 1.29 is 79.9 Å². The van der Waals surface area contributed by atoms with Crippen LogP contribution in [0.5, 0.6) is 0 Å². The molecule has 29 heteroatoms. The van der Waals surface area contributed by atoms with Crippen LogP contribution in [0.3, 0.4) is 0 Å². The average Bonchev–Trinajstić information content (AvgIpc) is 3.91. The zero-order valence-corrected chi connectivity index (χ0v) is 46.1. The summed E-state index contributed by atoms with van der Waals surface area (Å²) in [6.07, 6.45) is 5.50. The lowest BCUT2D eigenvalue weighted by atomic mass is 9.98. The standard InChI is InChI=1S/2C20H32N5O8P.C4H10O/c2*1-19(2,3)17(26)30-11-32-34(28,33-12-31-18(27)20(4,5)6)13-29-8-7-25-10-24-14-15(21)22-9-23-16(14)25;1-3-4(2)5/h2*9-10H,7-8,11-13H2,1-6H3,(H2,21,22,23);4-5H,3H2,1-2H3. The highest BCUT2D eigenvalue weighted by atomic mass is 31.2. The molecular weight excluding hydrogens is 1000 g/mol. The lowest BCUT2D eigenvalue weighted by molar-refractivity contribution is -0.164. The van der Waals surface area contributed by atoms with E-state index in [1.807, 2.05) is 6.92 Å². The van der Waals surface area contributed by atoms with Crippen LogP contribution in [-0.4, -0.2) is 127 Å². The molecule has 412 valence electrons. The minimum atomic E-state index is -3.95. The Hall–Kier alpha value is -5.24. The molecule has 0 bridgehead atoms. The highest BCUT2D eigenvalue weighted by Crippen LogP contribution is 2.49. The molecule has 0 aliphatic rings. The fourth-order valence-corrected chi connectivity index (χ4v) is 6.54. The van der Waals surface area contributed by atoms with E-state index in [1.54, 1.807) is 99.1 Å². The van der Waals surface area contributed by atoms with Crippen LogP contribution in [0.2, 0.25) is 0 Å². The number of fused-ring (bicyclic) bond motifs is 2. The number of rotatable bonds is 23. The first-order valence-corrected chi connectivity index (χ1v) is 26.3. The molecule has 0 spiro atoms. The van der Waals surface area contributed by atoms with Crippen LogP contribution in [0.25, 0.3) is 22.3 Å². The summed E-state index contributed by atoms with van der Waals surface area (Å²) in [7, 11) is -7.89. The van der Waals surface area contributed by atoms with Gasteiger partial charge in [0.2, 0.25) is 27.2 Å². The van der Waals surface area contributed by atoms with Crippen LogP contribution in [0.4, 0.5) is 11.6 Å². The van der Waals surface area contributed by atoms with Gasteiger partial charge in [-0.05, 0) is 96.4 Å². The van der Waals surface area contributed by atoms with Gasteiger partial charge in [0.05, 0.1) is 53.6 Å². The van der Waals surface area contributed by atoms with E-state index >= 15 is 0 Å². The molecule has 0 radical (unpaired) electrons. The molecular formula is C44H74N10O17P2. The van der Waals surface area contributed by atoms with Gasteiger partial charge in [-0.2, -0.15) is 0 Å². The second-order valence-electron chi connectivity index (χ2n) is 20.0. The number of hydrogen-bond acceptors (Lipinski definition) is 25. The number of nitrogen functional groups attached to an aromatic ring is 2. The molecule has 0 aliphatic carbocycles. The van der Waals surface area contributed by atoms with E-state index in [0.717, 1.165) is 6.42 Å². The van der Waals surface area contributed by atoms with Gasteiger partial charge in [-0.25, -0.2) is 29.9 Å². The number of aliphatic hydroxyl groups is 1. The number of anilines is 2. The first-order valence-electron chi connectivity index (χ1n) is 22.8. The number of imidazole rings is 2. The van der Waals surface area contributed by atoms with Gasteiger partial charge in [-0.15, -0.1) is 0 Å². The van der Waals surface area contributed by atoms with Gasteiger partial charge in [0.1, 0.15) is 36.4 Å². The molecule has 4 rings (SSSR count). The highest BCUT2D eigenvalue weighted by molar-refractivity contribution is 7.53. The first-order chi connectivity index (χ1) is 33.7. The average molecular weight is 1080 g/mol. The second kappa shape index (κ2) is 28.4. The number of nitrogens with two attached hydrogens (primary N) is 2. The molecule has 1 unspecified atom stereocenters. The number of aliphatic hydroxyl groups excluding tert-OH is 1. The van der Waals surface area contributed by atoms with Gasteiger partial charge in [0.25, 0.3) is 0 Å². The summed E-state index contributed by atoms with van der Waals surface area (Å²) in [5.41, 5.74) is 10.4. The Morgan fingerprint density at radius 2 is 0.822 bits per heavy atom. The van der Waals surface area contributed by atoms with E-state index in [1.165, 1.54) is 25.3 Å². The van der Waals surface area contributed by atoms with Gasteiger partial charge in [0, 0.05) is 13.1 Å². The summed E-state index contributed by atoms with van der Waals surface area (Å²) < 4.78 is 81.3. The topological polar surface area (TPSA) is 354 Å². The fourth-order valence-electron chi connectivity index (χ4n) is 4.53. The van der Waals surface area contributed by atoms with Gasteiger partial charge < -0.3 is 54.1 Å².